The van der Waals surface area contributed by atoms with Gasteiger partial charge in [-0.2, -0.15) is 0 Å². The summed E-state index contributed by atoms with van der Waals surface area (Å²) in [5, 5.41) is 5.04. The summed E-state index contributed by atoms with van der Waals surface area (Å²) in [6, 6.07) is 1.95. The molecule has 0 fully saturated rings. The zero-order valence-electron chi connectivity index (χ0n) is 11.0. The number of hydrogen-bond donors (Lipinski definition) is 1. The van der Waals surface area contributed by atoms with Crippen LogP contribution in [0.15, 0.2) is 22.1 Å². The summed E-state index contributed by atoms with van der Waals surface area (Å²) in [5.74, 6) is 0.460. The number of nitrogens with zero attached hydrogens (tertiary/aromatic N) is 2. The molecule has 2 heterocycles. The predicted octanol–water partition coefficient (Wildman–Crippen LogP) is 4.01. The zero-order chi connectivity index (χ0) is 14.7. The number of thiophene rings is 1. The van der Waals surface area contributed by atoms with Gasteiger partial charge in [0, 0.05) is 15.3 Å². The number of nitrogens with one attached hydrogen (secondary N) is 1. The number of carbonyl (C=O) groups excluding carboxylic acids is 1. The molecule has 0 radical (unpaired) electrons. The van der Waals surface area contributed by atoms with Crippen LogP contribution in [0.5, 0.6) is 0 Å². The largest absolute Gasteiger partial charge is 0.346 e. The van der Waals surface area contributed by atoms with Crippen LogP contribution in [0, 0.1) is 0 Å². The van der Waals surface area contributed by atoms with Crippen molar-refractivity contribution in [1.82, 2.24) is 15.3 Å². The van der Waals surface area contributed by atoms with Crippen LogP contribution in [-0.2, 0) is 6.54 Å². The lowest BCUT2D eigenvalue weighted by Crippen LogP contribution is -2.24. The van der Waals surface area contributed by atoms with Gasteiger partial charge in [0.2, 0.25) is 0 Å². The third kappa shape index (κ3) is 3.56. The molecule has 4 nitrogen and oxygen atoms in total. The maximum absolute atomic E-state index is 12.2. The van der Waals surface area contributed by atoms with Crippen molar-refractivity contribution in [2.24, 2.45) is 0 Å². The van der Waals surface area contributed by atoms with Gasteiger partial charge in [-0.25, -0.2) is 9.97 Å². The van der Waals surface area contributed by atoms with Crippen LogP contribution in [0.1, 0.15) is 41.0 Å². The minimum absolute atomic E-state index is 0.144. The van der Waals surface area contributed by atoms with Crippen molar-refractivity contribution >= 4 is 44.8 Å². The standard InChI is InChI=1S/C13H13BrClN3OS/c1-7(2)12-16-5-9(15)11(18-12)13(19)17-6-10-8(14)3-4-20-10/h3-5,7H,6H2,1-2H3,(H,17,19). The fourth-order valence-corrected chi connectivity index (χ4v) is 3.12. The Labute approximate surface area is 134 Å². The molecule has 0 spiro atoms. The van der Waals surface area contributed by atoms with Crippen LogP contribution in [0.4, 0.5) is 0 Å². The average Bonchev–Trinajstić information content (AvgIpc) is 2.81. The van der Waals surface area contributed by atoms with E-state index in [0.29, 0.717) is 12.4 Å². The first kappa shape index (κ1) is 15.4. The second-order valence-electron chi connectivity index (χ2n) is 4.45. The highest BCUT2D eigenvalue weighted by atomic mass is 79.9. The SMILES string of the molecule is CC(C)c1ncc(Cl)c(C(=O)NCc2sccc2Br)n1. The number of aromatic nitrogens is 2. The minimum atomic E-state index is -0.292. The maximum atomic E-state index is 12.2. The average molecular weight is 375 g/mol. The highest BCUT2D eigenvalue weighted by Crippen LogP contribution is 2.22. The summed E-state index contributed by atoms with van der Waals surface area (Å²) in [6.07, 6.45) is 1.47. The Hall–Kier alpha value is -0.980. The molecule has 1 amide bonds. The van der Waals surface area contributed by atoms with E-state index in [2.05, 4.69) is 31.2 Å². The van der Waals surface area contributed by atoms with Gasteiger partial charge < -0.3 is 5.32 Å². The minimum Gasteiger partial charge on any atom is -0.346 e. The number of rotatable bonds is 4. The molecule has 0 aliphatic rings. The second kappa shape index (κ2) is 6.65. The van der Waals surface area contributed by atoms with Gasteiger partial charge in [0.1, 0.15) is 11.5 Å². The van der Waals surface area contributed by atoms with Gasteiger partial charge in [-0.05, 0) is 27.4 Å². The first-order valence-electron chi connectivity index (χ1n) is 6.01. The number of halogens is 2. The van der Waals surface area contributed by atoms with Gasteiger partial charge in [0.25, 0.3) is 5.91 Å². The van der Waals surface area contributed by atoms with E-state index in [1.807, 2.05) is 25.3 Å². The smallest absolute Gasteiger partial charge is 0.271 e. The first-order chi connectivity index (χ1) is 9.49. The lowest BCUT2D eigenvalue weighted by atomic mass is 10.2. The molecule has 2 rings (SSSR count). The molecule has 0 aliphatic carbocycles. The summed E-state index contributed by atoms with van der Waals surface area (Å²) in [4.78, 5) is 21.5. The molecule has 0 aromatic carbocycles. The Balaban J connectivity index is 2.13. The molecule has 2 aromatic heterocycles. The second-order valence-corrected chi connectivity index (χ2v) is 6.72. The van der Waals surface area contributed by atoms with Gasteiger partial charge in [-0.1, -0.05) is 25.4 Å². The lowest BCUT2D eigenvalue weighted by Gasteiger charge is -2.08. The van der Waals surface area contributed by atoms with Gasteiger partial charge in [-0.15, -0.1) is 11.3 Å². The van der Waals surface area contributed by atoms with Crippen LogP contribution in [0.3, 0.4) is 0 Å². The monoisotopic (exact) mass is 373 g/mol. The Morgan fingerprint density at radius 1 is 1.55 bits per heavy atom. The van der Waals surface area contributed by atoms with Crippen molar-refractivity contribution in [3.63, 3.8) is 0 Å². The molecule has 7 heteroatoms. The van der Waals surface area contributed by atoms with E-state index in [1.54, 1.807) is 11.3 Å². The summed E-state index contributed by atoms with van der Waals surface area (Å²) >= 11 is 11.0. The van der Waals surface area contributed by atoms with Crippen LogP contribution in [0.25, 0.3) is 0 Å². The van der Waals surface area contributed by atoms with E-state index < -0.39 is 0 Å². The topological polar surface area (TPSA) is 54.9 Å². The molecule has 1 N–H and O–H groups in total. The van der Waals surface area contributed by atoms with E-state index >= 15 is 0 Å². The van der Waals surface area contributed by atoms with Gasteiger partial charge in [0.05, 0.1) is 17.8 Å². The summed E-state index contributed by atoms with van der Waals surface area (Å²) in [7, 11) is 0. The molecule has 0 saturated carbocycles. The summed E-state index contributed by atoms with van der Waals surface area (Å²) in [6.45, 7) is 4.37. The fraction of sp³-hybridized carbons (Fsp3) is 0.308. The van der Waals surface area contributed by atoms with E-state index in [1.165, 1.54) is 6.20 Å². The Kier molecular flexibility index (Phi) is 5.12. The molecule has 0 bridgehead atoms. The van der Waals surface area contributed by atoms with Crippen LogP contribution in [0.2, 0.25) is 5.02 Å². The molecule has 0 unspecified atom stereocenters. The zero-order valence-corrected chi connectivity index (χ0v) is 14.1. The third-order valence-corrected chi connectivity index (χ3v) is 4.80. The first-order valence-corrected chi connectivity index (χ1v) is 8.06. The van der Waals surface area contributed by atoms with E-state index in [-0.39, 0.29) is 22.5 Å². The number of amides is 1. The van der Waals surface area contributed by atoms with Crippen molar-refractivity contribution in [3.05, 3.63) is 43.5 Å². The molecule has 2 aromatic rings. The summed E-state index contributed by atoms with van der Waals surface area (Å²) in [5.41, 5.74) is 0.220. The molecule has 0 aliphatic heterocycles. The lowest BCUT2D eigenvalue weighted by molar-refractivity contribution is 0.0946. The van der Waals surface area contributed by atoms with E-state index in [9.17, 15) is 4.79 Å². The Bertz CT molecular complexity index is 630. The van der Waals surface area contributed by atoms with Gasteiger partial charge in [0.15, 0.2) is 0 Å². The quantitative estimate of drug-likeness (QED) is 0.880. The highest BCUT2D eigenvalue weighted by Gasteiger charge is 2.15. The number of carbonyl (C=O) groups is 1. The van der Waals surface area contributed by atoms with Gasteiger partial charge in [-0.3, -0.25) is 4.79 Å². The number of hydrogen-bond acceptors (Lipinski definition) is 4. The van der Waals surface area contributed by atoms with Gasteiger partial charge >= 0.3 is 0 Å². The van der Waals surface area contributed by atoms with Crippen LogP contribution >= 0.6 is 38.9 Å². The summed E-state index contributed by atoms with van der Waals surface area (Å²) < 4.78 is 0.986. The molecule has 20 heavy (non-hydrogen) atoms. The molecule has 0 atom stereocenters. The Morgan fingerprint density at radius 2 is 2.30 bits per heavy atom. The van der Waals surface area contributed by atoms with Crippen molar-refractivity contribution in [1.29, 1.82) is 0 Å². The normalized spacial score (nSPS) is 10.8. The van der Waals surface area contributed by atoms with Crippen molar-refractivity contribution in [2.45, 2.75) is 26.3 Å². The Morgan fingerprint density at radius 3 is 2.90 bits per heavy atom. The van der Waals surface area contributed by atoms with Crippen LogP contribution in [-0.4, -0.2) is 15.9 Å². The van der Waals surface area contributed by atoms with Crippen LogP contribution < -0.4 is 5.32 Å². The molecule has 0 saturated heterocycles. The molecular formula is C13H13BrClN3OS. The maximum Gasteiger partial charge on any atom is 0.271 e. The van der Waals surface area contributed by atoms with E-state index in [0.717, 1.165) is 9.35 Å². The van der Waals surface area contributed by atoms with E-state index in [4.69, 9.17) is 11.6 Å². The third-order valence-electron chi connectivity index (χ3n) is 2.59. The van der Waals surface area contributed by atoms with Crippen molar-refractivity contribution in [3.8, 4) is 0 Å². The highest BCUT2D eigenvalue weighted by molar-refractivity contribution is 9.10. The molecule has 106 valence electrons. The molecular weight excluding hydrogens is 362 g/mol. The van der Waals surface area contributed by atoms with Crippen molar-refractivity contribution in [2.75, 3.05) is 0 Å². The fourth-order valence-electron chi connectivity index (χ4n) is 1.51. The predicted molar refractivity (Wildman–Crippen MR) is 84.3 cm³/mol. The van der Waals surface area contributed by atoms with Crippen molar-refractivity contribution < 1.29 is 4.79 Å².